The van der Waals surface area contributed by atoms with Crippen LogP contribution >= 0.6 is 11.3 Å². The van der Waals surface area contributed by atoms with Gasteiger partial charge in [0.25, 0.3) is 5.91 Å². The number of thiophene rings is 1. The second kappa shape index (κ2) is 5.75. The fraction of sp³-hybridized carbons (Fsp3) is 0.214. The second-order valence-electron chi connectivity index (χ2n) is 4.14. The molecule has 1 heterocycles. The van der Waals surface area contributed by atoms with Gasteiger partial charge in [-0.1, -0.05) is 12.1 Å². The fourth-order valence-corrected chi connectivity index (χ4v) is 2.54. The zero-order valence-electron chi connectivity index (χ0n) is 10.7. The van der Waals surface area contributed by atoms with Crippen LogP contribution in [0.3, 0.4) is 0 Å². The molecule has 0 atom stereocenters. The fourth-order valence-electron chi connectivity index (χ4n) is 1.82. The van der Waals surface area contributed by atoms with E-state index in [1.165, 1.54) is 0 Å². The average molecular weight is 276 g/mol. The molecule has 0 aliphatic heterocycles. The van der Waals surface area contributed by atoms with Gasteiger partial charge >= 0.3 is 0 Å². The molecule has 0 aliphatic carbocycles. The summed E-state index contributed by atoms with van der Waals surface area (Å²) in [5, 5.41) is 11.8. The number of hydrogen-bond acceptors (Lipinski definition) is 4. The van der Waals surface area contributed by atoms with Gasteiger partial charge in [0.05, 0.1) is 17.8 Å². The summed E-state index contributed by atoms with van der Waals surface area (Å²) < 4.78 is 0. The zero-order valence-corrected chi connectivity index (χ0v) is 11.5. The minimum Gasteiger partial charge on any atom is -0.505 e. The number of para-hydroxylation sites is 1. The summed E-state index contributed by atoms with van der Waals surface area (Å²) in [5.74, 6) is -0.349. The predicted molar refractivity (Wildman–Crippen MR) is 77.3 cm³/mol. The van der Waals surface area contributed by atoms with Crippen molar-refractivity contribution in [3.8, 4) is 5.75 Å². The molecule has 100 valence electrons. The predicted octanol–water partition coefficient (Wildman–Crippen LogP) is 2.70. The molecule has 4 nitrogen and oxygen atoms in total. The molecule has 0 saturated carbocycles. The van der Waals surface area contributed by atoms with Crippen molar-refractivity contribution < 1.29 is 9.90 Å². The first kappa shape index (κ1) is 13.4. The first-order valence-corrected chi connectivity index (χ1v) is 6.90. The van der Waals surface area contributed by atoms with E-state index in [1.807, 2.05) is 24.4 Å². The van der Waals surface area contributed by atoms with E-state index >= 15 is 0 Å². The third-order valence-electron chi connectivity index (χ3n) is 2.89. The van der Waals surface area contributed by atoms with Crippen LogP contribution in [0.4, 0.5) is 5.69 Å². The van der Waals surface area contributed by atoms with E-state index in [4.69, 9.17) is 5.73 Å². The van der Waals surface area contributed by atoms with E-state index in [2.05, 4.69) is 0 Å². The minimum absolute atomic E-state index is 0.142. The maximum absolute atomic E-state index is 12.4. The zero-order chi connectivity index (χ0) is 13.8. The lowest BCUT2D eigenvalue weighted by Gasteiger charge is -2.21. The normalized spacial score (nSPS) is 10.4. The molecule has 0 aliphatic rings. The van der Waals surface area contributed by atoms with Crippen LogP contribution in [0.2, 0.25) is 0 Å². The molecule has 0 spiro atoms. The van der Waals surface area contributed by atoms with Gasteiger partial charge in [0.15, 0.2) is 5.75 Å². The lowest BCUT2D eigenvalue weighted by atomic mass is 10.1. The van der Waals surface area contributed by atoms with Crippen LogP contribution in [-0.2, 0) is 6.54 Å². The third-order valence-corrected chi connectivity index (χ3v) is 3.75. The van der Waals surface area contributed by atoms with Crippen LogP contribution in [0, 0.1) is 0 Å². The molecular weight excluding hydrogens is 260 g/mol. The van der Waals surface area contributed by atoms with Gasteiger partial charge in [0.2, 0.25) is 0 Å². The van der Waals surface area contributed by atoms with Crippen molar-refractivity contribution >= 4 is 22.9 Å². The highest BCUT2D eigenvalue weighted by molar-refractivity contribution is 7.09. The Bertz CT molecular complexity index is 567. The van der Waals surface area contributed by atoms with Gasteiger partial charge in [-0.25, -0.2) is 0 Å². The standard InChI is InChI=1S/C14H16N2O2S/c1-2-16(9-10-5-4-8-19-10)14(18)11-6-3-7-12(15)13(11)17/h3-8,17H,2,9,15H2,1H3. The van der Waals surface area contributed by atoms with Gasteiger partial charge < -0.3 is 15.7 Å². The highest BCUT2D eigenvalue weighted by Gasteiger charge is 2.19. The summed E-state index contributed by atoms with van der Waals surface area (Å²) in [6.45, 7) is 3.03. The van der Waals surface area contributed by atoms with Crippen molar-refractivity contribution in [1.82, 2.24) is 4.90 Å². The van der Waals surface area contributed by atoms with Gasteiger partial charge in [0.1, 0.15) is 0 Å². The van der Waals surface area contributed by atoms with Crippen molar-refractivity contribution in [2.24, 2.45) is 0 Å². The summed E-state index contributed by atoms with van der Waals surface area (Å²) in [5.41, 5.74) is 6.09. The van der Waals surface area contributed by atoms with Crippen LogP contribution in [0.25, 0.3) is 0 Å². The first-order valence-electron chi connectivity index (χ1n) is 6.02. The lowest BCUT2D eigenvalue weighted by molar-refractivity contribution is 0.0751. The Morgan fingerprint density at radius 3 is 2.79 bits per heavy atom. The highest BCUT2D eigenvalue weighted by atomic mass is 32.1. The summed E-state index contributed by atoms with van der Waals surface area (Å²) >= 11 is 1.61. The Morgan fingerprint density at radius 2 is 2.16 bits per heavy atom. The molecule has 19 heavy (non-hydrogen) atoms. The van der Waals surface area contributed by atoms with Crippen LogP contribution in [-0.4, -0.2) is 22.5 Å². The van der Waals surface area contributed by atoms with E-state index in [9.17, 15) is 9.90 Å². The maximum Gasteiger partial charge on any atom is 0.258 e. The molecule has 2 aromatic rings. The van der Waals surface area contributed by atoms with Crippen molar-refractivity contribution in [3.05, 3.63) is 46.2 Å². The van der Waals surface area contributed by atoms with Crippen molar-refractivity contribution in [2.75, 3.05) is 12.3 Å². The number of rotatable bonds is 4. The summed E-state index contributed by atoms with van der Waals surface area (Å²) in [7, 11) is 0. The number of nitrogen functional groups attached to an aromatic ring is 1. The highest BCUT2D eigenvalue weighted by Crippen LogP contribution is 2.26. The third kappa shape index (κ3) is 2.88. The maximum atomic E-state index is 12.4. The van der Waals surface area contributed by atoms with E-state index in [0.717, 1.165) is 4.88 Å². The van der Waals surface area contributed by atoms with Crippen LogP contribution in [0.1, 0.15) is 22.2 Å². The lowest BCUT2D eigenvalue weighted by Crippen LogP contribution is -2.30. The smallest absolute Gasteiger partial charge is 0.258 e. The molecular formula is C14H16N2O2S. The number of carbonyl (C=O) groups is 1. The number of nitrogens with two attached hydrogens (primary N) is 1. The van der Waals surface area contributed by atoms with E-state index < -0.39 is 0 Å². The molecule has 1 aromatic carbocycles. The van der Waals surface area contributed by atoms with Crippen LogP contribution < -0.4 is 5.73 Å². The summed E-state index contributed by atoms with van der Waals surface area (Å²) in [6.07, 6.45) is 0. The number of nitrogens with zero attached hydrogens (tertiary/aromatic N) is 1. The van der Waals surface area contributed by atoms with Gasteiger partial charge in [-0.15, -0.1) is 11.3 Å². The SMILES string of the molecule is CCN(Cc1cccs1)C(=O)c1cccc(N)c1O. The summed E-state index contributed by atoms with van der Waals surface area (Å²) in [4.78, 5) is 15.2. The van der Waals surface area contributed by atoms with Crippen molar-refractivity contribution in [2.45, 2.75) is 13.5 Å². The van der Waals surface area contributed by atoms with E-state index in [1.54, 1.807) is 34.4 Å². The molecule has 0 unspecified atom stereocenters. The quantitative estimate of drug-likeness (QED) is 0.666. The Morgan fingerprint density at radius 1 is 1.37 bits per heavy atom. The largest absolute Gasteiger partial charge is 0.505 e. The minimum atomic E-state index is -0.208. The molecule has 0 bridgehead atoms. The number of anilines is 1. The average Bonchev–Trinajstić information content (AvgIpc) is 2.91. The number of hydrogen-bond donors (Lipinski definition) is 2. The Labute approximate surface area is 116 Å². The number of carbonyl (C=O) groups excluding carboxylic acids is 1. The monoisotopic (exact) mass is 276 g/mol. The van der Waals surface area contributed by atoms with Crippen molar-refractivity contribution in [3.63, 3.8) is 0 Å². The molecule has 3 N–H and O–H groups in total. The molecule has 1 amide bonds. The molecule has 5 heteroatoms. The van der Waals surface area contributed by atoms with Crippen LogP contribution in [0.15, 0.2) is 35.7 Å². The number of phenols is 1. The number of phenolic OH excluding ortho intramolecular Hbond substituents is 1. The summed E-state index contributed by atoms with van der Waals surface area (Å²) in [6, 6.07) is 8.77. The van der Waals surface area contributed by atoms with Crippen LogP contribution in [0.5, 0.6) is 5.75 Å². The number of amides is 1. The Balaban J connectivity index is 2.23. The van der Waals surface area contributed by atoms with Crippen molar-refractivity contribution in [1.29, 1.82) is 0 Å². The number of aromatic hydroxyl groups is 1. The molecule has 1 aromatic heterocycles. The van der Waals surface area contributed by atoms with Gasteiger partial charge in [-0.05, 0) is 30.5 Å². The molecule has 0 saturated heterocycles. The van der Waals surface area contributed by atoms with E-state index in [-0.39, 0.29) is 22.9 Å². The molecule has 0 radical (unpaired) electrons. The van der Waals surface area contributed by atoms with E-state index in [0.29, 0.717) is 13.1 Å². The Hall–Kier alpha value is -2.01. The Kier molecular flexibility index (Phi) is 4.06. The molecule has 2 rings (SSSR count). The van der Waals surface area contributed by atoms with Gasteiger partial charge in [-0.2, -0.15) is 0 Å². The van der Waals surface area contributed by atoms with Gasteiger partial charge in [-0.3, -0.25) is 4.79 Å². The topological polar surface area (TPSA) is 66.6 Å². The second-order valence-corrected chi connectivity index (χ2v) is 5.17. The first-order chi connectivity index (χ1) is 9.13. The van der Waals surface area contributed by atoms with Gasteiger partial charge in [0, 0.05) is 11.4 Å². The molecule has 0 fully saturated rings. The number of benzene rings is 1.